The van der Waals surface area contributed by atoms with Gasteiger partial charge in [-0.15, -0.1) is 5.10 Å². The van der Waals surface area contributed by atoms with E-state index in [0.29, 0.717) is 0 Å². The summed E-state index contributed by atoms with van der Waals surface area (Å²) in [5.41, 5.74) is -1.04. The lowest BCUT2D eigenvalue weighted by Gasteiger charge is -2.03. The number of nitrogens with one attached hydrogen (secondary N) is 2. The largest absolute Gasteiger partial charge is 0.435 e. The molecule has 2 heterocycles. The Morgan fingerprint density at radius 2 is 2.26 bits per heavy atom. The van der Waals surface area contributed by atoms with Crippen LogP contribution in [0.15, 0.2) is 12.4 Å². The van der Waals surface area contributed by atoms with Crippen LogP contribution in [-0.4, -0.2) is 31.1 Å². The number of alkyl halides is 3. The number of amides is 1. The second-order valence-corrected chi connectivity index (χ2v) is 3.76. The van der Waals surface area contributed by atoms with Crippen molar-refractivity contribution in [2.75, 3.05) is 5.32 Å². The molecule has 0 radical (unpaired) electrons. The number of carbonyl (C=O) groups excluding carboxylic acids is 1. The third-order valence-corrected chi connectivity index (χ3v) is 2.20. The first-order chi connectivity index (χ1) is 8.86. The van der Waals surface area contributed by atoms with Crippen molar-refractivity contribution in [3.63, 3.8) is 0 Å². The van der Waals surface area contributed by atoms with Gasteiger partial charge in [0, 0.05) is 6.20 Å². The Morgan fingerprint density at radius 3 is 2.79 bits per heavy atom. The predicted octanol–water partition coefficient (Wildman–Crippen LogP) is 0.967. The van der Waals surface area contributed by atoms with Gasteiger partial charge in [-0.2, -0.15) is 28.6 Å². The summed E-state index contributed by atoms with van der Waals surface area (Å²) in [5.74, 6) is -0.366. The molecule has 0 aromatic carbocycles. The number of aryl methyl sites for hydroxylation is 1. The number of aromatic amines is 1. The van der Waals surface area contributed by atoms with Crippen LogP contribution < -0.4 is 5.32 Å². The number of anilines is 1. The molecule has 2 aromatic rings. The summed E-state index contributed by atoms with van der Waals surface area (Å²) in [6.45, 7) is 0.936. The van der Waals surface area contributed by atoms with Gasteiger partial charge in [-0.3, -0.25) is 9.48 Å². The fourth-order valence-electron chi connectivity index (χ4n) is 1.47. The Labute approximate surface area is 104 Å². The van der Waals surface area contributed by atoms with Crippen LogP contribution in [0.4, 0.5) is 19.0 Å². The lowest BCUT2D eigenvalue weighted by Crippen LogP contribution is -2.20. The molecule has 2 aromatic heterocycles. The molecule has 2 rings (SSSR count). The average molecular weight is 274 g/mol. The standard InChI is InChI=1S/C9H9F3N6O/c1-5-3-18(16-8(5)9(10,11)12)4-7(19)14-6-2-13-17-15-6/h2-3H,4H2,1H3,(H2,13,14,15,17,19). The highest BCUT2D eigenvalue weighted by Crippen LogP contribution is 2.30. The fraction of sp³-hybridized carbons (Fsp3) is 0.333. The first-order valence-electron chi connectivity index (χ1n) is 5.13. The average Bonchev–Trinajstić information content (AvgIpc) is 2.87. The van der Waals surface area contributed by atoms with E-state index in [1.807, 2.05) is 0 Å². The van der Waals surface area contributed by atoms with Crippen molar-refractivity contribution in [3.8, 4) is 0 Å². The van der Waals surface area contributed by atoms with Crippen molar-refractivity contribution in [1.82, 2.24) is 25.2 Å². The second-order valence-electron chi connectivity index (χ2n) is 3.76. The molecule has 1 amide bonds. The van der Waals surface area contributed by atoms with Crippen molar-refractivity contribution < 1.29 is 18.0 Å². The van der Waals surface area contributed by atoms with Gasteiger partial charge in [0.2, 0.25) is 5.91 Å². The molecule has 0 atom stereocenters. The molecule has 0 saturated heterocycles. The van der Waals surface area contributed by atoms with Crippen molar-refractivity contribution in [3.05, 3.63) is 23.7 Å². The first-order valence-corrected chi connectivity index (χ1v) is 5.13. The van der Waals surface area contributed by atoms with E-state index < -0.39 is 17.8 Å². The van der Waals surface area contributed by atoms with Crippen molar-refractivity contribution >= 4 is 11.7 Å². The molecule has 0 aliphatic heterocycles. The SMILES string of the molecule is Cc1cn(CC(=O)Nc2cn[nH]n2)nc1C(F)(F)F. The Morgan fingerprint density at radius 1 is 1.53 bits per heavy atom. The maximum atomic E-state index is 12.5. The molecule has 102 valence electrons. The smallest absolute Gasteiger partial charge is 0.306 e. The van der Waals surface area contributed by atoms with E-state index in [0.717, 1.165) is 10.9 Å². The highest BCUT2D eigenvalue weighted by Gasteiger charge is 2.36. The highest BCUT2D eigenvalue weighted by atomic mass is 19.4. The minimum atomic E-state index is -4.53. The van der Waals surface area contributed by atoms with E-state index in [1.54, 1.807) is 0 Å². The Bertz CT molecular complexity index is 573. The van der Waals surface area contributed by atoms with Crippen LogP contribution in [0, 0.1) is 6.92 Å². The van der Waals surface area contributed by atoms with Gasteiger partial charge in [-0.1, -0.05) is 0 Å². The van der Waals surface area contributed by atoms with Crippen LogP contribution in [0.25, 0.3) is 0 Å². The number of rotatable bonds is 3. The highest BCUT2D eigenvalue weighted by molar-refractivity contribution is 5.89. The van der Waals surface area contributed by atoms with Crippen LogP contribution in [0.3, 0.4) is 0 Å². The van der Waals surface area contributed by atoms with Gasteiger partial charge in [0.25, 0.3) is 0 Å². The maximum Gasteiger partial charge on any atom is 0.435 e. The van der Waals surface area contributed by atoms with E-state index in [9.17, 15) is 18.0 Å². The lowest BCUT2D eigenvalue weighted by molar-refractivity contribution is -0.142. The van der Waals surface area contributed by atoms with Gasteiger partial charge in [-0.05, 0) is 12.5 Å². The van der Waals surface area contributed by atoms with Gasteiger partial charge in [0.05, 0.1) is 6.20 Å². The summed E-state index contributed by atoms with van der Waals surface area (Å²) in [4.78, 5) is 11.5. The molecule has 0 aliphatic carbocycles. The molecule has 0 bridgehead atoms. The first kappa shape index (κ1) is 13.1. The molecular weight excluding hydrogens is 265 g/mol. The van der Waals surface area contributed by atoms with Crippen molar-refractivity contribution in [1.29, 1.82) is 0 Å². The topological polar surface area (TPSA) is 88.5 Å². The fourth-order valence-corrected chi connectivity index (χ4v) is 1.47. The van der Waals surface area contributed by atoms with Crippen LogP contribution in [0.2, 0.25) is 0 Å². The number of aromatic nitrogens is 5. The van der Waals surface area contributed by atoms with Crippen LogP contribution >= 0.6 is 0 Å². The zero-order chi connectivity index (χ0) is 14.0. The molecule has 0 aliphatic rings. The Kier molecular flexibility index (Phi) is 3.23. The van der Waals surface area contributed by atoms with Gasteiger partial charge < -0.3 is 5.32 Å². The summed E-state index contributed by atoms with van der Waals surface area (Å²) >= 11 is 0. The predicted molar refractivity (Wildman–Crippen MR) is 57.0 cm³/mol. The van der Waals surface area contributed by atoms with Crippen molar-refractivity contribution in [2.24, 2.45) is 0 Å². The zero-order valence-corrected chi connectivity index (χ0v) is 9.69. The molecule has 19 heavy (non-hydrogen) atoms. The van der Waals surface area contributed by atoms with E-state index in [-0.39, 0.29) is 17.9 Å². The van der Waals surface area contributed by atoms with E-state index in [2.05, 4.69) is 25.8 Å². The van der Waals surface area contributed by atoms with E-state index in [4.69, 9.17) is 0 Å². The zero-order valence-electron chi connectivity index (χ0n) is 9.69. The number of carbonyl (C=O) groups is 1. The molecule has 0 spiro atoms. The van der Waals surface area contributed by atoms with E-state index >= 15 is 0 Å². The molecule has 0 unspecified atom stereocenters. The third kappa shape index (κ3) is 3.09. The second kappa shape index (κ2) is 4.71. The molecule has 0 fully saturated rings. The Hall–Kier alpha value is -2.39. The molecule has 10 heteroatoms. The number of hydrogen-bond donors (Lipinski definition) is 2. The molecular formula is C9H9F3N6O. The Balaban J connectivity index is 2.06. The van der Waals surface area contributed by atoms with Crippen molar-refractivity contribution in [2.45, 2.75) is 19.6 Å². The number of halogens is 3. The molecule has 7 nitrogen and oxygen atoms in total. The number of H-pyrrole nitrogens is 1. The summed E-state index contributed by atoms with van der Waals surface area (Å²) in [7, 11) is 0. The monoisotopic (exact) mass is 274 g/mol. The van der Waals surface area contributed by atoms with E-state index in [1.165, 1.54) is 13.1 Å². The number of nitrogens with zero attached hydrogens (tertiary/aromatic N) is 4. The van der Waals surface area contributed by atoms with Gasteiger partial charge >= 0.3 is 6.18 Å². The minimum absolute atomic E-state index is 0.0401. The lowest BCUT2D eigenvalue weighted by atomic mass is 10.3. The summed E-state index contributed by atoms with van der Waals surface area (Å²) in [6.07, 6.45) is -2.10. The van der Waals surface area contributed by atoms with Crippen LogP contribution in [-0.2, 0) is 17.5 Å². The minimum Gasteiger partial charge on any atom is -0.306 e. The van der Waals surface area contributed by atoms with Crippen LogP contribution in [0.1, 0.15) is 11.3 Å². The summed E-state index contributed by atoms with van der Waals surface area (Å²) in [5, 5.41) is 15.0. The maximum absolute atomic E-state index is 12.5. The summed E-state index contributed by atoms with van der Waals surface area (Å²) in [6, 6.07) is 0. The summed E-state index contributed by atoms with van der Waals surface area (Å²) < 4.78 is 38.4. The third-order valence-electron chi connectivity index (χ3n) is 2.20. The number of hydrogen-bond acceptors (Lipinski definition) is 4. The normalized spacial score (nSPS) is 11.6. The van der Waals surface area contributed by atoms with Gasteiger partial charge in [0.1, 0.15) is 6.54 Å². The molecule has 2 N–H and O–H groups in total. The quantitative estimate of drug-likeness (QED) is 0.872. The molecule has 0 saturated carbocycles. The van der Waals surface area contributed by atoms with Gasteiger partial charge in [-0.25, -0.2) is 0 Å². The van der Waals surface area contributed by atoms with Gasteiger partial charge in [0.15, 0.2) is 11.5 Å². The van der Waals surface area contributed by atoms with Crippen LogP contribution in [0.5, 0.6) is 0 Å².